The van der Waals surface area contributed by atoms with Crippen molar-refractivity contribution in [1.82, 2.24) is 9.78 Å². The maximum Gasteiger partial charge on any atom is 0.144 e. The maximum atomic E-state index is 8.95. The van der Waals surface area contributed by atoms with Crippen LogP contribution >= 0.6 is 0 Å². The first-order valence-electron chi connectivity index (χ1n) is 4.42. The summed E-state index contributed by atoms with van der Waals surface area (Å²) in [6.07, 6.45) is 1.22. The fraction of sp³-hybridized carbons (Fsp3) is 0.556. The summed E-state index contributed by atoms with van der Waals surface area (Å²) >= 11 is 0. The first-order valence-corrected chi connectivity index (χ1v) is 4.42. The van der Waals surface area contributed by atoms with Crippen molar-refractivity contribution < 1.29 is 0 Å². The average Bonchev–Trinajstić information content (AvgIpc) is 2.24. The summed E-state index contributed by atoms with van der Waals surface area (Å²) in [5.41, 5.74) is 1.55. The Balaban J connectivity index is 2.48. The largest absolute Gasteiger partial charge is 0.356 e. The van der Waals surface area contributed by atoms with Crippen molar-refractivity contribution in [3.05, 3.63) is 11.3 Å². The molecule has 1 aliphatic rings. The van der Waals surface area contributed by atoms with Gasteiger partial charge in [-0.25, -0.2) is 0 Å². The van der Waals surface area contributed by atoms with Gasteiger partial charge in [0, 0.05) is 20.1 Å². The van der Waals surface area contributed by atoms with Gasteiger partial charge in [-0.1, -0.05) is 0 Å². The van der Waals surface area contributed by atoms with Crippen molar-refractivity contribution in [3.63, 3.8) is 0 Å². The summed E-state index contributed by atoms with van der Waals surface area (Å²) in [6.45, 7) is 3.98. The van der Waals surface area contributed by atoms with Gasteiger partial charge in [-0.3, -0.25) is 4.68 Å². The first-order chi connectivity index (χ1) is 6.24. The highest BCUT2D eigenvalue weighted by atomic mass is 15.4. The molecule has 13 heavy (non-hydrogen) atoms. The molecule has 0 radical (unpaired) electrons. The van der Waals surface area contributed by atoms with Gasteiger partial charge < -0.3 is 4.90 Å². The number of hydrogen-bond acceptors (Lipinski definition) is 3. The standard InChI is InChI=1S/C9H12N4/c1-7-8(6-10)9(12(2)11-7)13-4-3-5-13/h3-5H2,1-2H3. The minimum absolute atomic E-state index is 0.724. The van der Waals surface area contributed by atoms with Crippen molar-refractivity contribution in [1.29, 1.82) is 5.26 Å². The molecule has 1 aromatic rings. The molecular weight excluding hydrogens is 164 g/mol. The highest BCUT2D eigenvalue weighted by Gasteiger charge is 2.23. The first kappa shape index (κ1) is 8.11. The van der Waals surface area contributed by atoms with Crippen LogP contribution in [0.25, 0.3) is 0 Å². The predicted molar refractivity (Wildman–Crippen MR) is 49.5 cm³/mol. The molecule has 1 fully saturated rings. The second-order valence-corrected chi connectivity index (χ2v) is 3.36. The topological polar surface area (TPSA) is 44.9 Å². The number of anilines is 1. The maximum absolute atomic E-state index is 8.95. The van der Waals surface area contributed by atoms with E-state index in [-0.39, 0.29) is 0 Å². The predicted octanol–water partition coefficient (Wildman–Crippen LogP) is 0.810. The normalized spacial score (nSPS) is 15.3. The highest BCUT2D eigenvalue weighted by Crippen LogP contribution is 2.25. The third-order valence-corrected chi connectivity index (χ3v) is 2.46. The Morgan fingerprint density at radius 3 is 2.62 bits per heavy atom. The molecular formula is C9H12N4. The third kappa shape index (κ3) is 1.08. The molecule has 2 rings (SSSR count). The Hall–Kier alpha value is -1.50. The minimum atomic E-state index is 0.724. The summed E-state index contributed by atoms with van der Waals surface area (Å²) in [5, 5.41) is 13.2. The lowest BCUT2D eigenvalue weighted by molar-refractivity contribution is 0.585. The third-order valence-electron chi connectivity index (χ3n) is 2.46. The Kier molecular flexibility index (Phi) is 1.73. The van der Waals surface area contributed by atoms with Crippen molar-refractivity contribution in [2.45, 2.75) is 13.3 Å². The summed E-state index contributed by atoms with van der Waals surface area (Å²) < 4.78 is 1.80. The van der Waals surface area contributed by atoms with Gasteiger partial charge in [-0.05, 0) is 13.3 Å². The fourth-order valence-corrected chi connectivity index (χ4v) is 1.67. The second kappa shape index (κ2) is 2.77. The van der Waals surface area contributed by atoms with Crippen LogP contribution in [-0.4, -0.2) is 22.9 Å². The summed E-state index contributed by atoms with van der Waals surface area (Å²) in [7, 11) is 1.89. The van der Waals surface area contributed by atoms with Crippen molar-refractivity contribution >= 4 is 5.82 Å². The number of aromatic nitrogens is 2. The molecule has 0 bridgehead atoms. The molecule has 0 aromatic carbocycles. The smallest absolute Gasteiger partial charge is 0.144 e. The Labute approximate surface area is 77.4 Å². The van der Waals surface area contributed by atoms with Gasteiger partial charge in [-0.2, -0.15) is 10.4 Å². The van der Waals surface area contributed by atoms with Crippen LogP contribution in [0.2, 0.25) is 0 Å². The molecule has 0 atom stereocenters. The van der Waals surface area contributed by atoms with E-state index in [1.807, 2.05) is 14.0 Å². The fourth-order valence-electron chi connectivity index (χ4n) is 1.67. The van der Waals surface area contributed by atoms with E-state index in [1.165, 1.54) is 6.42 Å². The number of aryl methyl sites for hydroxylation is 2. The lowest BCUT2D eigenvalue weighted by Gasteiger charge is -2.32. The van der Waals surface area contributed by atoms with Gasteiger partial charge in [0.25, 0.3) is 0 Å². The summed E-state index contributed by atoms with van der Waals surface area (Å²) in [5.74, 6) is 0.978. The van der Waals surface area contributed by atoms with Gasteiger partial charge in [-0.15, -0.1) is 0 Å². The molecule has 4 nitrogen and oxygen atoms in total. The van der Waals surface area contributed by atoms with E-state index in [0.29, 0.717) is 0 Å². The van der Waals surface area contributed by atoms with Crippen LogP contribution in [0.4, 0.5) is 5.82 Å². The zero-order valence-corrected chi connectivity index (χ0v) is 7.91. The summed E-state index contributed by atoms with van der Waals surface area (Å²) in [4.78, 5) is 2.19. The number of rotatable bonds is 1. The Morgan fingerprint density at radius 2 is 2.15 bits per heavy atom. The van der Waals surface area contributed by atoms with E-state index in [2.05, 4.69) is 16.1 Å². The molecule has 0 amide bonds. The van der Waals surface area contributed by atoms with Gasteiger partial charge in [0.15, 0.2) is 0 Å². The van der Waals surface area contributed by atoms with E-state index in [9.17, 15) is 0 Å². The SMILES string of the molecule is Cc1nn(C)c(N2CCC2)c1C#N. The van der Waals surface area contributed by atoms with E-state index >= 15 is 0 Å². The lowest BCUT2D eigenvalue weighted by atomic mass is 10.2. The molecule has 0 aliphatic carbocycles. The van der Waals surface area contributed by atoms with Gasteiger partial charge in [0.1, 0.15) is 17.5 Å². The zero-order valence-electron chi connectivity index (χ0n) is 7.91. The van der Waals surface area contributed by atoms with E-state index in [4.69, 9.17) is 5.26 Å². The van der Waals surface area contributed by atoms with Crippen molar-refractivity contribution in [2.24, 2.45) is 7.05 Å². The lowest BCUT2D eigenvalue weighted by Crippen LogP contribution is -2.38. The summed E-state index contributed by atoms with van der Waals surface area (Å²) in [6, 6.07) is 2.21. The van der Waals surface area contributed by atoms with Gasteiger partial charge in [0.05, 0.1) is 5.69 Å². The van der Waals surface area contributed by atoms with Crippen molar-refractivity contribution in [3.8, 4) is 6.07 Å². The highest BCUT2D eigenvalue weighted by molar-refractivity contribution is 5.57. The second-order valence-electron chi connectivity index (χ2n) is 3.36. The Bertz CT molecular complexity index is 368. The molecule has 1 saturated heterocycles. The van der Waals surface area contributed by atoms with E-state index < -0.39 is 0 Å². The van der Waals surface area contributed by atoms with Crippen LogP contribution in [0.5, 0.6) is 0 Å². The monoisotopic (exact) mass is 176 g/mol. The van der Waals surface area contributed by atoms with Crippen LogP contribution < -0.4 is 4.90 Å². The van der Waals surface area contributed by atoms with E-state index in [0.717, 1.165) is 30.2 Å². The van der Waals surface area contributed by atoms with Gasteiger partial charge >= 0.3 is 0 Å². The number of nitrogens with zero attached hydrogens (tertiary/aromatic N) is 4. The van der Waals surface area contributed by atoms with Crippen LogP contribution in [0.1, 0.15) is 17.7 Å². The van der Waals surface area contributed by atoms with Gasteiger partial charge in [0.2, 0.25) is 0 Å². The quantitative estimate of drug-likeness (QED) is 0.636. The number of hydrogen-bond donors (Lipinski definition) is 0. The molecule has 0 unspecified atom stereocenters. The molecule has 0 saturated carbocycles. The molecule has 4 heteroatoms. The van der Waals surface area contributed by atoms with Crippen molar-refractivity contribution in [2.75, 3.05) is 18.0 Å². The molecule has 0 spiro atoms. The molecule has 1 aliphatic heterocycles. The molecule has 1 aromatic heterocycles. The molecule has 2 heterocycles. The zero-order chi connectivity index (χ0) is 9.42. The number of nitriles is 1. The molecule has 68 valence electrons. The average molecular weight is 176 g/mol. The molecule has 0 N–H and O–H groups in total. The minimum Gasteiger partial charge on any atom is -0.356 e. The van der Waals surface area contributed by atoms with Crippen LogP contribution in [0.3, 0.4) is 0 Å². The van der Waals surface area contributed by atoms with Crippen LogP contribution in [-0.2, 0) is 7.05 Å². The van der Waals surface area contributed by atoms with E-state index in [1.54, 1.807) is 4.68 Å². The van der Waals surface area contributed by atoms with Crippen LogP contribution in [0, 0.1) is 18.3 Å². The van der Waals surface area contributed by atoms with Crippen LogP contribution in [0.15, 0.2) is 0 Å². The Morgan fingerprint density at radius 1 is 1.46 bits per heavy atom.